The van der Waals surface area contributed by atoms with E-state index in [1.165, 1.54) is 13.2 Å². The molecule has 1 unspecified atom stereocenters. The topological polar surface area (TPSA) is 52.6 Å². The Balaban J connectivity index is 2.35. The van der Waals surface area contributed by atoms with Crippen molar-refractivity contribution < 1.29 is 23.5 Å². The summed E-state index contributed by atoms with van der Waals surface area (Å²) in [4.78, 5) is 21.9. The number of halogens is 1. The lowest BCUT2D eigenvalue weighted by atomic mass is 9.97. The zero-order valence-corrected chi connectivity index (χ0v) is 12.2. The molecule has 0 N–H and O–H groups in total. The van der Waals surface area contributed by atoms with Gasteiger partial charge in [-0.05, 0) is 36.2 Å². The third-order valence-corrected chi connectivity index (χ3v) is 3.38. The van der Waals surface area contributed by atoms with E-state index >= 15 is 0 Å². The Bertz CT molecular complexity index is 697. The van der Waals surface area contributed by atoms with Crippen molar-refractivity contribution in [3.63, 3.8) is 0 Å². The molecule has 0 radical (unpaired) electrons. The van der Waals surface area contributed by atoms with Crippen LogP contribution in [0.1, 0.15) is 18.4 Å². The Morgan fingerprint density at radius 3 is 2.64 bits per heavy atom. The van der Waals surface area contributed by atoms with Gasteiger partial charge in [-0.1, -0.05) is 24.3 Å². The Labute approximate surface area is 127 Å². The minimum Gasteiger partial charge on any atom is -0.469 e. The van der Waals surface area contributed by atoms with E-state index < -0.39 is 17.7 Å². The molecule has 0 saturated heterocycles. The van der Waals surface area contributed by atoms with Crippen LogP contribution in [0.25, 0.3) is 11.1 Å². The van der Waals surface area contributed by atoms with E-state index in [0.29, 0.717) is 28.9 Å². The predicted molar refractivity (Wildman–Crippen MR) is 79.0 cm³/mol. The van der Waals surface area contributed by atoms with Crippen LogP contribution >= 0.6 is 0 Å². The summed E-state index contributed by atoms with van der Waals surface area (Å²) in [6, 6.07) is 11.1. The fourth-order valence-corrected chi connectivity index (χ4v) is 2.14. The molecule has 0 amide bonds. The summed E-state index contributed by atoms with van der Waals surface area (Å²) >= 11 is 0. The number of rotatable bonds is 5. The van der Waals surface area contributed by atoms with Gasteiger partial charge in [0.25, 0.3) is 6.47 Å². The monoisotopic (exact) mass is 302 g/mol. The number of carbonyl (C=O) groups excluding carboxylic acids is 2. The van der Waals surface area contributed by atoms with Crippen molar-refractivity contribution in [2.75, 3.05) is 7.11 Å². The average molecular weight is 302 g/mol. The van der Waals surface area contributed by atoms with E-state index in [0.717, 1.165) is 0 Å². The number of esters is 1. The maximum Gasteiger partial charge on any atom is 0.312 e. The van der Waals surface area contributed by atoms with Gasteiger partial charge in [-0.2, -0.15) is 0 Å². The van der Waals surface area contributed by atoms with Gasteiger partial charge in [-0.25, -0.2) is 4.39 Å². The van der Waals surface area contributed by atoms with Crippen LogP contribution in [0.3, 0.4) is 0 Å². The van der Waals surface area contributed by atoms with Gasteiger partial charge < -0.3 is 9.47 Å². The van der Waals surface area contributed by atoms with Gasteiger partial charge in [0, 0.05) is 5.56 Å². The second-order valence-electron chi connectivity index (χ2n) is 4.73. The van der Waals surface area contributed by atoms with Crippen LogP contribution in [0.5, 0.6) is 5.75 Å². The summed E-state index contributed by atoms with van der Waals surface area (Å²) in [5, 5.41) is 0. The summed E-state index contributed by atoms with van der Waals surface area (Å²) in [6.45, 7) is 1.97. The van der Waals surface area contributed by atoms with Crippen LogP contribution in [0.2, 0.25) is 0 Å². The van der Waals surface area contributed by atoms with Gasteiger partial charge in [0.15, 0.2) is 0 Å². The highest BCUT2D eigenvalue weighted by Gasteiger charge is 2.17. The van der Waals surface area contributed by atoms with Crippen LogP contribution in [-0.2, 0) is 14.3 Å². The molecule has 1 atom stereocenters. The molecule has 2 aromatic carbocycles. The Kier molecular flexibility index (Phi) is 4.88. The highest BCUT2D eigenvalue weighted by Crippen LogP contribution is 2.28. The van der Waals surface area contributed by atoms with Gasteiger partial charge in [0.1, 0.15) is 11.6 Å². The quantitative estimate of drug-likeness (QED) is 0.628. The first-order chi connectivity index (χ1) is 10.6. The third-order valence-electron chi connectivity index (χ3n) is 3.38. The minimum atomic E-state index is -0.543. The van der Waals surface area contributed by atoms with Crippen molar-refractivity contribution in [2.24, 2.45) is 0 Å². The average Bonchev–Trinajstić information content (AvgIpc) is 2.54. The summed E-state index contributed by atoms with van der Waals surface area (Å²) in [5.74, 6) is -1.10. The van der Waals surface area contributed by atoms with Crippen molar-refractivity contribution in [1.82, 2.24) is 0 Å². The van der Waals surface area contributed by atoms with E-state index in [9.17, 15) is 14.0 Å². The molecule has 4 nitrogen and oxygen atoms in total. The summed E-state index contributed by atoms with van der Waals surface area (Å²) in [5.41, 5.74) is 1.47. The largest absolute Gasteiger partial charge is 0.469 e. The number of benzene rings is 2. The first-order valence-corrected chi connectivity index (χ1v) is 6.65. The van der Waals surface area contributed by atoms with Crippen molar-refractivity contribution in [3.8, 4) is 16.9 Å². The number of carbonyl (C=O) groups is 2. The smallest absolute Gasteiger partial charge is 0.312 e. The van der Waals surface area contributed by atoms with E-state index in [1.807, 2.05) is 0 Å². The van der Waals surface area contributed by atoms with E-state index in [1.54, 1.807) is 43.3 Å². The molecule has 5 heteroatoms. The molecule has 0 fully saturated rings. The molecule has 0 spiro atoms. The zero-order chi connectivity index (χ0) is 16.1. The lowest BCUT2D eigenvalue weighted by molar-refractivity contribution is -0.142. The zero-order valence-electron chi connectivity index (χ0n) is 12.2. The molecule has 2 rings (SSSR count). The number of methoxy groups -OCH3 is 1. The van der Waals surface area contributed by atoms with Gasteiger partial charge in [-0.15, -0.1) is 0 Å². The van der Waals surface area contributed by atoms with Crippen LogP contribution in [0.4, 0.5) is 4.39 Å². The van der Waals surface area contributed by atoms with Crippen molar-refractivity contribution in [1.29, 1.82) is 0 Å². The molecular weight excluding hydrogens is 287 g/mol. The fourth-order valence-electron chi connectivity index (χ4n) is 2.14. The lowest BCUT2D eigenvalue weighted by Gasteiger charge is -2.11. The molecule has 0 aliphatic heterocycles. The molecule has 0 heterocycles. The maximum absolute atomic E-state index is 14.3. The molecule has 22 heavy (non-hydrogen) atoms. The SMILES string of the molecule is COC(=O)C(C)c1ccc(-c2cccc(OC=O)c2)c(F)c1. The molecule has 2 aromatic rings. The van der Waals surface area contributed by atoms with E-state index in [2.05, 4.69) is 4.74 Å². The van der Waals surface area contributed by atoms with Gasteiger partial charge >= 0.3 is 5.97 Å². The molecule has 0 aromatic heterocycles. The molecule has 0 aliphatic carbocycles. The Morgan fingerprint density at radius 2 is 2.00 bits per heavy atom. The summed E-state index contributed by atoms with van der Waals surface area (Å²) < 4.78 is 23.7. The van der Waals surface area contributed by atoms with E-state index in [4.69, 9.17) is 4.74 Å². The predicted octanol–water partition coefficient (Wildman–Crippen LogP) is 3.30. The fraction of sp³-hybridized carbons (Fsp3) is 0.176. The summed E-state index contributed by atoms with van der Waals surface area (Å²) in [6.07, 6.45) is 0. The number of hydrogen-bond donors (Lipinski definition) is 0. The molecule has 0 bridgehead atoms. The second-order valence-corrected chi connectivity index (χ2v) is 4.73. The van der Waals surface area contributed by atoms with Crippen LogP contribution in [0.15, 0.2) is 42.5 Å². The lowest BCUT2D eigenvalue weighted by Crippen LogP contribution is -2.11. The second kappa shape index (κ2) is 6.85. The van der Waals surface area contributed by atoms with Crippen LogP contribution < -0.4 is 4.74 Å². The first-order valence-electron chi connectivity index (χ1n) is 6.65. The van der Waals surface area contributed by atoms with Gasteiger partial charge in [0.2, 0.25) is 0 Å². The van der Waals surface area contributed by atoms with E-state index in [-0.39, 0.29) is 0 Å². The molecule has 114 valence electrons. The first kappa shape index (κ1) is 15.7. The molecule has 0 saturated carbocycles. The Hall–Kier alpha value is -2.69. The standard InChI is InChI=1S/C17H15FO4/c1-11(17(20)21-2)12-6-7-15(16(18)9-12)13-4-3-5-14(8-13)22-10-19/h3-11H,1-2H3. The normalized spacial score (nSPS) is 11.6. The van der Waals surface area contributed by atoms with Crippen LogP contribution in [-0.4, -0.2) is 19.6 Å². The Morgan fingerprint density at radius 1 is 1.23 bits per heavy atom. The summed E-state index contributed by atoms with van der Waals surface area (Å²) in [7, 11) is 1.29. The van der Waals surface area contributed by atoms with Crippen molar-refractivity contribution in [2.45, 2.75) is 12.8 Å². The molecule has 0 aliphatic rings. The maximum atomic E-state index is 14.3. The number of hydrogen-bond acceptors (Lipinski definition) is 4. The van der Waals surface area contributed by atoms with Gasteiger partial charge in [-0.3, -0.25) is 9.59 Å². The number of ether oxygens (including phenoxy) is 2. The minimum absolute atomic E-state index is 0.316. The van der Waals surface area contributed by atoms with Gasteiger partial charge in [0.05, 0.1) is 13.0 Å². The molecular formula is C17H15FO4. The van der Waals surface area contributed by atoms with Crippen LogP contribution in [0, 0.1) is 5.82 Å². The van der Waals surface area contributed by atoms with Crippen molar-refractivity contribution in [3.05, 3.63) is 53.8 Å². The highest BCUT2D eigenvalue weighted by atomic mass is 19.1. The van der Waals surface area contributed by atoms with Crippen molar-refractivity contribution >= 4 is 12.4 Å². The third kappa shape index (κ3) is 3.31. The highest BCUT2D eigenvalue weighted by molar-refractivity contribution is 5.78.